The van der Waals surface area contributed by atoms with Gasteiger partial charge in [0.05, 0.1) is 4.91 Å². The van der Waals surface area contributed by atoms with Crippen LogP contribution < -0.4 is 5.32 Å². The summed E-state index contributed by atoms with van der Waals surface area (Å²) in [4.78, 5) is 38.0. The van der Waals surface area contributed by atoms with Gasteiger partial charge in [-0.25, -0.2) is 0 Å². The Labute approximate surface area is 152 Å². The maximum Gasteiger partial charge on any atom is 0.293 e. The summed E-state index contributed by atoms with van der Waals surface area (Å²) in [6.45, 7) is 6.38. The van der Waals surface area contributed by atoms with Crippen LogP contribution in [0.5, 0.6) is 0 Å². The highest BCUT2D eigenvalue weighted by atomic mass is 32.2. The Kier molecular flexibility index (Phi) is 6.82. The fourth-order valence-corrected chi connectivity index (χ4v) is 3.40. The van der Waals surface area contributed by atoms with Gasteiger partial charge in [-0.1, -0.05) is 50.1 Å². The third-order valence-electron chi connectivity index (χ3n) is 4.05. The number of carbonyl (C=O) groups excluding carboxylic acids is 3. The van der Waals surface area contributed by atoms with E-state index in [0.717, 1.165) is 35.7 Å². The minimum Gasteiger partial charge on any atom is -0.354 e. The summed E-state index contributed by atoms with van der Waals surface area (Å²) in [7, 11) is 0. The first-order chi connectivity index (χ1) is 11.9. The molecule has 0 aromatic heterocycles. The number of aryl methyl sites for hydroxylation is 1. The first kappa shape index (κ1) is 19.2. The van der Waals surface area contributed by atoms with Crippen LogP contribution in [0, 0.1) is 12.8 Å². The van der Waals surface area contributed by atoms with E-state index in [-0.39, 0.29) is 36.1 Å². The fourth-order valence-electron chi connectivity index (χ4n) is 2.54. The van der Waals surface area contributed by atoms with Gasteiger partial charge in [0.15, 0.2) is 0 Å². The molecule has 1 N–H and O–H groups in total. The lowest BCUT2D eigenvalue weighted by molar-refractivity contribution is -0.126. The molecule has 3 amide bonds. The smallest absolute Gasteiger partial charge is 0.293 e. The summed E-state index contributed by atoms with van der Waals surface area (Å²) >= 11 is 0.940. The molecule has 6 heteroatoms. The van der Waals surface area contributed by atoms with Gasteiger partial charge in [0.2, 0.25) is 5.91 Å². The second kappa shape index (κ2) is 8.85. The Morgan fingerprint density at radius 3 is 2.60 bits per heavy atom. The maximum absolute atomic E-state index is 12.4. The highest BCUT2D eigenvalue weighted by Gasteiger charge is 2.34. The molecule has 1 aromatic carbocycles. The topological polar surface area (TPSA) is 66.5 Å². The average molecular weight is 360 g/mol. The normalized spacial score (nSPS) is 17.2. The highest BCUT2D eigenvalue weighted by Crippen LogP contribution is 2.31. The summed E-state index contributed by atoms with van der Waals surface area (Å²) in [5.41, 5.74) is 2.02. The number of rotatable bonds is 7. The number of imide groups is 1. The zero-order valence-corrected chi connectivity index (χ0v) is 15.7. The summed E-state index contributed by atoms with van der Waals surface area (Å²) in [6.07, 6.45) is 3.50. The van der Waals surface area contributed by atoms with Crippen molar-refractivity contribution in [2.24, 2.45) is 5.92 Å². The molecular formula is C19H24N2O3S. The number of thioether (sulfide) groups is 1. The van der Waals surface area contributed by atoms with Crippen molar-refractivity contribution in [3.05, 3.63) is 40.3 Å². The van der Waals surface area contributed by atoms with Crippen molar-refractivity contribution in [2.75, 3.05) is 13.1 Å². The molecule has 2 rings (SSSR count). The summed E-state index contributed by atoms with van der Waals surface area (Å²) < 4.78 is 0. The van der Waals surface area contributed by atoms with E-state index < -0.39 is 0 Å². The molecule has 1 heterocycles. The average Bonchev–Trinajstić information content (AvgIpc) is 2.84. The number of carbonyl (C=O) groups is 3. The second-order valence-corrected chi connectivity index (χ2v) is 7.22. The number of hydrogen-bond acceptors (Lipinski definition) is 4. The Bertz CT molecular complexity index is 682. The summed E-state index contributed by atoms with van der Waals surface area (Å²) in [6, 6.07) is 7.75. The van der Waals surface area contributed by atoms with E-state index in [4.69, 9.17) is 0 Å². The first-order valence-corrected chi connectivity index (χ1v) is 9.33. The van der Waals surface area contributed by atoms with Crippen LogP contribution >= 0.6 is 11.8 Å². The van der Waals surface area contributed by atoms with E-state index in [1.54, 1.807) is 6.08 Å². The van der Waals surface area contributed by atoms with Crippen molar-refractivity contribution in [3.8, 4) is 0 Å². The molecule has 25 heavy (non-hydrogen) atoms. The van der Waals surface area contributed by atoms with Gasteiger partial charge >= 0.3 is 0 Å². The molecule has 1 aliphatic heterocycles. The zero-order chi connectivity index (χ0) is 18.4. The standard InChI is InChI=1S/C19H24N2O3S/c1-4-5-14(3)17(22)20-10-11-21-18(23)16(25-19(21)24)12-15-8-6-13(2)7-9-15/h6-9,12,14H,4-5,10-11H2,1-3H3,(H,20,22)/b16-12+. The van der Waals surface area contributed by atoms with E-state index in [9.17, 15) is 14.4 Å². The lowest BCUT2D eigenvalue weighted by Crippen LogP contribution is -2.38. The van der Waals surface area contributed by atoms with Crippen LogP contribution in [0.3, 0.4) is 0 Å². The highest BCUT2D eigenvalue weighted by molar-refractivity contribution is 8.18. The SMILES string of the molecule is CCCC(C)C(=O)NCCN1C(=O)S/C(=C/c2ccc(C)cc2)C1=O. The first-order valence-electron chi connectivity index (χ1n) is 8.52. The third kappa shape index (κ3) is 5.19. The number of hydrogen-bond donors (Lipinski definition) is 1. The van der Waals surface area contributed by atoms with Crippen LogP contribution in [0.4, 0.5) is 4.79 Å². The largest absolute Gasteiger partial charge is 0.354 e. The number of nitrogens with one attached hydrogen (secondary N) is 1. The lowest BCUT2D eigenvalue weighted by atomic mass is 10.1. The van der Waals surface area contributed by atoms with Crippen molar-refractivity contribution >= 4 is 34.9 Å². The Morgan fingerprint density at radius 1 is 1.28 bits per heavy atom. The molecule has 5 nitrogen and oxygen atoms in total. The van der Waals surface area contributed by atoms with Crippen molar-refractivity contribution in [3.63, 3.8) is 0 Å². The van der Waals surface area contributed by atoms with E-state index >= 15 is 0 Å². The summed E-state index contributed by atoms with van der Waals surface area (Å²) in [5.74, 6) is -0.392. The zero-order valence-electron chi connectivity index (χ0n) is 14.9. The molecule has 1 fully saturated rings. The van der Waals surface area contributed by atoms with Crippen molar-refractivity contribution in [1.29, 1.82) is 0 Å². The Balaban J connectivity index is 1.92. The van der Waals surface area contributed by atoms with Gasteiger partial charge < -0.3 is 5.32 Å². The Morgan fingerprint density at radius 2 is 1.96 bits per heavy atom. The minimum absolute atomic E-state index is 0.0379. The second-order valence-electron chi connectivity index (χ2n) is 6.22. The predicted octanol–water partition coefficient (Wildman–Crippen LogP) is 3.58. The third-order valence-corrected chi connectivity index (χ3v) is 4.96. The number of amides is 3. The predicted molar refractivity (Wildman–Crippen MR) is 101 cm³/mol. The molecule has 0 saturated carbocycles. The van der Waals surface area contributed by atoms with Crippen LogP contribution in [0.15, 0.2) is 29.2 Å². The quantitative estimate of drug-likeness (QED) is 0.755. The molecule has 0 bridgehead atoms. The maximum atomic E-state index is 12.4. The van der Waals surface area contributed by atoms with Crippen molar-refractivity contribution < 1.29 is 14.4 Å². The molecule has 1 aromatic rings. The molecule has 1 saturated heterocycles. The molecular weight excluding hydrogens is 336 g/mol. The Hall–Kier alpha value is -2.08. The number of benzene rings is 1. The van der Waals surface area contributed by atoms with Crippen molar-refractivity contribution in [2.45, 2.75) is 33.6 Å². The van der Waals surface area contributed by atoms with Crippen LogP contribution in [-0.2, 0) is 9.59 Å². The van der Waals surface area contributed by atoms with E-state index in [2.05, 4.69) is 5.32 Å². The van der Waals surface area contributed by atoms with Crippen LogP contribution in [0.2, 0.25) is 0 Å². The molecule has 0 spiro atoms. The van der Waals surface area contributed by atoms with Crippen molar-refractivity contribution in [1.82, 2.24) is 10.2 Å². The number of nitrogens with zero attached hydrogens (tertiary/aromatic N) is 1. The van der Waals surface area contributed by atoms with E-state index in [1.165, 1.54) is 4.90 Å². The van der Waals surface area contributed by atoms with Gasteiger partial charge in [0.1, 0.15) is 0 Å². The van der Waals surface area contributed by atoms with Gasteiger partial charge in [-0.15, -0.1) is 0 Å². The van der Waals surface area contributed by atoms with E-state index in [1.807, 2.05) is 45.0 Å². The molecule has 134 valence electrons. The van der Waals surface area contributed by atoms with Gasteiger partial charge in [-0.3, -0.25) is 19.3 Å². The van der Waals surface area contributed by atoms with Gasteiger partial charge in [-0.2, -0.15) is 0 Å². The molecule has 0 aliphatic carbocycles. The van der Waals surface area contributed by atoms with E-state index in [0.29, 0.717) is 4.91 Å². The van der Waals surface area contributed by atoms with Gasteiger partial charge in [0.25, 0.3) is 11.1 Å². The van der Waals surface area contributed by atoms with Gasteiger partial charge in [0, 0.05) is 19.0 Å². The molecule has 1 unspecified atom stereocenters. The van der Waals surface area contributed by atoms with Crippen LogP contribution in [0.25, 0.3) is 6.08 Å². The molecule has 0 radical (unpaired) electrons. The summed E-state index contributed by atoms with van der Waals surface area (Å²) in [5, 5.41) is 2.50. The molecule has 1 aliphatic rings. The minimum atomic E-state index is -0.300. The fraction of sp³-hybridized carbons (Fsp3) is 0.421. The van der Waals surface area contributed by atoms with Gasteiger partial charge in [-0.05, 0) is 36.7 Å². The monoisotopic (exact) mass is 360 g/mol. The molecule has 1 atom stereocenters. The lowest BCUT2D eigenvalue weighted by Gasteiger charge is -2.15. The van der Waals surface area contributed by atoms with Crippen LogP contribution in [0.1, 0.15) is 37.8 Å². The van der Waals surface area contributed by atoms with Crippen LogP contribution in [-0.4, -0.2) is 35.0 Å².